The maximum atomic E-state index is 9.27. The quantitative estimate of drug-likeness (QED) is 0.532. The first-order chi connectivity index (χ1) is 9.21. The van der Waals surface area contributed by atoms with Gasteiger partial charge in [0.25, 0.3) is 0 Å². The molecule has 0 saturated carbocycles. The predicted octanol–water partition coefficient (Wildman–Crippen LogP) is 1.40. The molecule has 1 unspecified atom stereocenters. The summed E-state index contributed by atoms with van der Waals surface area (Å²) in [6.45, 7) is 16.8. The minimum Gasteiger partial charge on any atom is -0.395 e. The molecule has 0 aliphatic rings. The molecule has 2 N–H and O–H groups in total. The highest BCUT2D eigenvalue weighted by molar-refractivity contribution is 4.68. The lowest BCUT2D eigenvalue weighted by Gasteiger charge is -2.25. The Morgan fingerprint density at radius 2 is 1.47 bits per heavy atom. The molecule has 0 aliphatic carbocycles. The van der Waals surface area contributed by atoms with Crippen molar-refractivity contribution in [3.8, 4) is 0 Å². The number of aliphatic hydroxyl groups is 1. The largest absolute Gasteiger partial charge is 0.395 e. The molecule has 0 radical (unpaired) electrons. The van der Waals surface area contributed by atoms with Crippen LogP contribution in [0, 0.1) is 0 Å². The molecule has 0 amide bonds. The van der Waals surface area contributed by atoms with E-state index in [0.29, 0.717) is 0 Å². The molecule has 0 bridgehead atoms. The van der Waals surface area contributed by atoms with Gasteiger partial charge in [0.1, 0.15) is 0 Å². The van der Waals surface area contributed by atoms with Gasteiger partial charge in [-0.15, -0.1) is 0 Å². The lowest BCUT2D eigenvalue weighted by atomic mass is 10.2. The van der Waals surface area contributed by atoms with E-state index in [2.05, 4.69) is 42.8 Å². The second-order valence-corrected chi connectivity index (χ2v) is 5.04. The van der Waals surface area contributed by atoms with Gasteiger partial charge in [0.05, 0.1) is 6.61 Å². The smallest absolute Gasteiger partial charge is 0.0585 e. The summed E-state index contributed by atoms with van der Waals surface area (Å²) >= 11 is 0. The molecule has 19 heavy (non-hydrogen) atoms. The first kappa shape index (κ1) is 18.8. The van der Waals surface area contributed by atoms with Gasteiger partial charge < -0.3 is 20.2 Å². The summed E-state index contributed by atoms with van der Waals surface area (Å²) in [5, 5.41) is 12.6. The van der Waals surface area contributed by atoms with Crippen molar-refractivity contribution in [2.45, 2.75) is 46.6 Å². The van der Waals surface area contributed by atoms with Crippen molar-refractivity contribution in [3.63, 3.8) is 0 Å². The van der Waals surface area contributed by atoms with E-state index < -0.39 is 0 Å². The van der Waals surface area contributed by atoms with E-state index in [-0.39, 0.29) is 12.6 Å². The van der Waals surface area contributed by atoms with Crippen LogP contribution in [0.2, 0.25) is 0 Å². The maximum Gasteiger partial charge on any atom is 0.0585 e. The third kappa shape index (κ3) is 9.38. The SMILES string of the molecule is CCNC(CO)CCN(CC)CCCN(CC)CC. The van der Waals surface area contributed by atoms with Crippen LogP contribution in [0.25, 0.3) is 0 Å². The predicted molar refractivity (Wildman–Crippen MR) is 83.7 cm³/mol. The molecule has 1 atom stereocenters. The van der Waals surface area contributed by atoms with Crippen molar-refractivity contribution in [3.05, 3.63) is 0 Å². The van der Waals surface area contributed by atoms with E-state index in [9.17, 15) is 5.11 Å². The first-order valence-electron chi connectivity index (χ1n) is 8.00. The van der Waals surface area contributed by atoms with Crippen LogP contribution in [-0.4, -0.2) is 73.4 Å². The fourth-order valence-corrected chi connectivity index (χ4v) is 2.37. The van der Waals surface area contributed by atoms with Crippen LogP contribution in [0.3, 0.4) is 0 Å². The third-order valence-corrected chi connectivity index (χ3v) is 3.80. The molecule has 4 nitrogen and oxygen atoms in total. The van der Waals surface area contributed by atoms with Gasteiger partial charge in [-0.3, -0.25) is 0 Å². The standard InChI is InChI=1S/C15H35N3O/c1-5-16-15(14-19)10-13-18(8-4)12-9-11-17(6-2)7-3/h15-16,19H,5-14H2,1-4H3. The van der Waals surface area contributed by atoms with Crippen molar-refractivity contribution in [1.82, 2.24) is 15.1 Å². The van der Waals surface area contributed by atoms with E-state index in [1.165, 1.54) is 13.0 Å². The molecular weight excluding hydrogens is 238 g/mol. The molecule has 4 heteroatoms. The van der Waals surface area contributed by atoms with Crippen molar-refractivity contribution in [2.75, 3.05) is 52.4 Å². The van der Waals surface area contributed by atoms with E-state index >= 15 is 0 Å². The normalized spacial score (nSPS) is 13.4. The number of nitrogens with zero attached hydrogens (tertiary/aromatic N) is 2. The molecule has 116 valence electrons. The Morgan fingerprint density at radius 1 is 0.895 bits per heavy atom. The van der Waals surface area contributed by atoms with Crippen LogP contribution in [0.5, 0.6) is 0 Å². The average Bonchev–Trinajstić information content (AvgIpc) is 2.45. The van der Waals surface area contributed by atoms with Gasteiger partial charge in [-0.2, -0.15) is 0 Å². The highest BCUT2D eigenvalue weighted by Crippen LogP contribution is 1.99. The summed E-state index contributed by atoms with van der Waals surface area (Å²) in [7, 11) is 0. The third-order valence-electron chi connectivity index (χ3n) is 3.80. The van der Waals surface area contributed by atoms with Gasteiger partial charge in [-0.05, 0) is 58.7 Å². The van der Waals surface area contributed by atoms with Gasteiger partial charge in [-0.1, -0.05) is 27.7 Å². The molecule has 0 aromatic carbocycles. The van der Waals surface area contributed by atoms with Crippen LogP contribution < -0.4 is 5.32 Å². The molecule has 0 aliphatic heterocycles. The Bertz CT molecular complexity index is 186. The second-order valence-electron chi connectivity index (χ2n) is 5.04. The Kier molecular flexibility index (Phi) is 12.7. The first-order valence-corrected chi connectivity index (χ1v) is 8.00. The van der Waals surface area contributed by atoms with E-state index in [0.717, 1.165) is 45.7 Å². The number of aliphatic hydroxyl groups excluding tert-OH is 1. The van der Waals surface area contributed by atoms with Crippen molar-refractivity contribution in [2.24, 2.45) is 0 Å². The number of hydrogen-bond acceptors (Lipinski definition) is 4. The topological polar surface area (TPSA) is 38.7 Å². The summed E-state index contributed by atoms with van der Waals surface area (Å²) in [6.07, 6.45) is 2.27. The molecule has 0 rings (SSSR count). The highest BCUT2D eigenvalue weighted by Gasteiger charge is 2.09. The van der Waals surface area contributed by atoms with E-state index in [1.807, 2.05) is 0 Å². The Labute approximate surface area is 120 Å². The minimum atomic E-state index is 0.241. The Balaban J connectivity index is 3.81. The highest BCUT2D eigenvalue weighted by atomic mass is 16.3. The molecule has 0 spiro atoms. The van der Waals surface area contributed by atoms with Gasteiger partial charge >= 0.3 is 0 Å². The molecule has 0 fully saturated rings. The Morgan fingerprint density at radius 3 is 1.95 bits per heavy atom. The number of rotatable bonds is 13. The zero-order chi connectivity index (χ0) is 14.5. The average molecular weight is 273 g/mol. The number of likely N-dealkylation sites (N-methyl/N-ethyl adjacent to an activating group) is 1. The van der Waals surface area contributed by atoms with Gasteiger partial charge in [-0.25, -0.2) is 0 Å². The second kappa shape index (κ2) is 12.9. The molecule has 0 aromatic heterocycles. The van der Waals surface area contributed by atoms with Crippen LogP contribution >= 0.6 is 0 Å². The number of nitrogens with one attached hydrogen (secondary N) is 1. The minimum absolute atomic E-state index is 0.241. The van der Waals surface area contributed by atoms with Gasteiger partial charge in [0.15, 0.2) is 0 Å². The lowest BCUT2D eigenvalue weighted by molar-refractivity contribution is 0.202. The monoisotopic (exact) mass is 273 g/mol. The van der Waals surface area contributed by atoms with Gasteiger partial charge in [0, 0.05) is 6.04 Å². The Hall–Kier alpha value is -0.160. The van der Waals surface area contributed by atoms with Crippen LogP contribution in [0.15, 0.2) is 0 Å². The summed E-state index contributed by atoms with van der Waals surface area (Å²) in [5.41, 5.74) is 0. The molecule has 0 heterocycles. The zero-order valence-electron chi connectivity index (χ0n) is 13.5. The van der Waals surface area contributed by atoms with Crippen molar-refractivity contribution < 1.29 is 5.11 Å². The molecular formula is C15H35N3O. The fraction of sp³-hybridized carbons (Fsp3) is 1.00. The van der Waals surface area contributed by atoms with Crippen LogP contribution in [-0.2, 0) is 0 Å². The van der Waals surface area contributed by atoms with Crippen molar-refractivity contribution >= 4 is 0 Å². The summed E-state index contributed by atoms with van der Waals surface area (Å²) < 4.78 is 0. The molecule has 0 aromatic rings. The number of hydrogen-bond donors (Lipinski definition) is 2. The zero-order valence-corrected chi connectivity index (χ0v) is 13.5. The maximum absolute atomic E-state index is 9.27. The summed E-state index contributed by atoms with van der Waals surface area (Å²) in [4.78, 5) is 4.96. The van der Waals surface area contributed by atoms with Gasteiger partial charge in [0.2, 0.25) is 0 Å². The van der Waals surface area contributed by atoms with E-state index in [4.69, 9.17) is 0 Å². The van der Waals surface area contributed by atoms with Crippen LogP contribution in [0.4, 0.5) is 0 Å². The molecule has 0 saturated heterocycles. The van der Waals surface area contributed by atoms with Crippen molar-refractivity contribution in [1.29, 1.82) is 0 Å². The lowest BCUT2D eigenvalue weighted by Crippen LogP contribution is -2.37. The van der Waals surface area contributed by atoms with E-state index in [1.54, 1.807) is 0 Å². The van der Waals surface area contributed by atoms with Crippen LogP contribution in [0.1, 0.15) is 40.5 Å². The summed E-state index contributed by atoms with van der Waals surface area (Å²) in [6, 6.07) is 0.252. The fourth-order valence-electron chi connectivity index (χ4n) is 2.37. The summed E-state index contributed by atoms with van der Waals surface area (Å²) in [5.74, 6) is 0.